The first-order valence-electron chi connectivity index (χ1n) is 8.15. The van der Waals surface area contributed by atoms with Crippen LogP contribution in [0.15, 0.2) is 22.5 Å². The number of anilines is 1. The number of sulfonamides is 1. The van der Waals surface area contributed by atoms with Crippen molar-refractivity contribution in [2.45, 2.75) is 19.9 Å². The number of hydrogen-bond donors (Lipinski definition) is 2. The lowest BCUT2D eigenvalue weighted by Gasteiger charge is -2.37. The predicted molar refractivity (Wildman–Crippen MR) is 102 cm³/mol. The minimum absolute atomic E-state index is 0.0410. The second kappa shape index (κ2) is 8.68. The molecule has 1 saturated heterocycles. The maximum atomic E-state index is 11.9. The van der Waals surface area contributed by atoms with E-state index in [2.05, 4.69) is 42.3 Å². The molecule has 0 atom stereocenters. The van der Waals surface area contributed by atoms with Crippen LogP contribution in [0.2, 0.25) is 0 Å². The molecule has 9 heteroatoms. The lowest BCUT2D eigenvalue weighted by molar-refractivity contribution is 0.374. The minimum Gasteiger partial charge on any atom is -0.360 e. The molecule has 0 radical (unpaired) electrons. The van der Waals surface area contributed by atoms with Gasteiger partial charge in [-0.25, -0.2) is 13.1 Å². The Morgan fingerprint density at radius 3 is 2.58 bits per heavy atom. The van der Waals surface area contributed by atoms with Crippen LogP contribution in [0.5, 0.6) is 0 Å². The van der Waals surface area contributed by atoms with Crippen molar-refractivity contribution < 1.29 is 8.42 Å². The zero-order chi connectivity index (χ0) is 17.6. The molecule has 1 fully saturated rings. The average Bonchev–Trinajstić information content (AvgIpc) is 3.05. The van der Waals surface area contributed by atoms with Crippen molar-refractivity contribution in [3.63, 3.8) is 0 Å². The van der Waals surface area contributed by atoms with Gasteiger partial charge in [0.05, 0.1) is 10.8 Å². The number of aliphatic imine (C=N–C) groups is 1. The highest BCUT2D eigenvalue weighted by molar-refractivity contribution is 7.89. The fraction of sp³-hybridized carbons (Fsp3) is 0.667. The summed E-state index contributed by atoms with van der Waals surface area (Å²) in [5.74, 6) is 0.805. The van der Waals surface area contributed by atoms with Crippen molar-refractivity contribution in [3.05, 3.63) is 17.5 Å². The Bertz CT molecular complexity index is 620. The van der Waals surface area contributed by atoms with Crippen molar-refractivity contribution in [2.75, 3.05) is 50.4 Å². The van der Waals surface area contributed by atoms with E-state index in [1.807, 2.05) is 13.8 Å². The van der Waals surface area contributed by atoms with Gasteiger partial charge in [0.25, 0.3) is 0 Å². The molecule has 136 valence electrons. The minimum atomic E-state index is -3.25. The zero-order valence-electron chi connectivity index (χ0n) is 14.5. The van der Waals surface area contributed by atoms with Crippen LogP contribution in [0.3, 0.4) is 0 Å². The van der Waals surface area contributed by atoms with Crippen LogP contribution in [-0.2, 0) is 10.0 Å². The monoisotopic (exact) mass is 373 g/mol. The Balaban J connectivity index is 1.79. The molecule has 1 aromatic heterocycles. The first-order chi connectivity index (χ1) is 11.4. The van der Waals surface area contributed by atoms with Crippen molar-refractivity contribution >= 4 is 32.3 Å². The van der Waals surface area contributed by atoms with E-state index in [4.69, 9.17) is 0 Å². The molecule has 0 saturated carbocycles. The van der Waals surface area contributed by atoms with Crippen LogP contribution in [0, 0.1) is 0 Å². The molecule has 1 aliphatic rings. The second-order valence-corrected chi connectivity index (χ2v) is 8.79. The molecule has 2 rings (SSSR count). The van der Waals surface area contributed by atoms with Gasteiger partial charge in [-0.15, -0.1) is 11.3 Å². The third kappa shape index (κ3) is 5.64. The van der Waals surface area contributed by atoms with E-state index in [0.29, 0.717) is 6.54 Å². The largest absolute Gasteiger partial charge is 0.360 e. The molecule has 2 N–H and O–H groups in total. The molecule has 0 unspecified atom stereocenters. The Morgan fingerprint density at radius 1 is 1.33 bits per heavy atom. The number of thiophene rings is 1. The molecular formula is C15H27N5O2S2. The van der Waals surface area contributed by atoms with E-state index in [0.717, 1.165) is 32.1 Å². The number of piperazine rings is 1. The van der Waals surface area contributed by atoms with Gasteiger partial charge in [0.1, 0.15) is 0 Å². The molecule has 2 heterocycles. The van der Waals surface area contributed by atoms with Crippen molar-refractivity contribution in [1.29, 1.82) is 0 Å². The summed E-state index contributed by atoms with van der Waals surface area (Å²) in [6.45, 7) is 7.60. The molecule has 7 nitrogen and oxygen atoms in total. The maximum Gasteiger partial charge on any atom is 0.213 e. The summed E-state index contributed by atoms with van der Waals surface area (Å²) in [5.41, 5.74) is 0. The summed E-state index contributed by atoms with van der Waals surface area (Å²) in [6.07, 6.45) is 0. The lowest BCUT2D eigenvalue weighted by Crippen LogP contribution is -2.53. The number of nitrogens with zero attached hydrogens (tertiary/aromatic N) is 3. The van der Waals surface area contributed by atoms with Crippen molar-refractivity contribution in [1.82, 2.24) is 14.9 Å². The maximum absolute atomic E-state index is 11.9. The molecule has 1 aliphatic heterocycles. The predicted octanol–water partition coefficient (Wildman–Crippen LogP) is 0.773. The van der Waals surface area contributed by atoms with Crippen molar-refractivity contribution in [3.8, 4) is 0 Å². The van der Waals surface area contributed by atoms with Crippen LogP contribution in [-0.4, -0.2) is 70.8 Å². The van der Waals surface area contributed by atoms with Gasteiger partial charge in [0, 0.05) is 45.8 Å². The Labute approximate surface area is 148 Å². The van der Waals surface area contributed by atoms with E-state index < -0.39 is 10.0 Å². The summed E-state index contributed by atoms with van der Waals surface area (Å²) in [4.78, 5) is 8.82. The van der Waals surface area contributed by atoms with Gasteiger partial charge < -0.3 is 15.1 Å². The second-order valence-electron chi connectivity index (χ2n) is 5.99. The molecule has 0 aromatic carbocycles. The summed E-state index contributed by atoms with van der Waals surface area (Å²) < 4.78 is 26.3. The topological polar surface area (TPSA) is 77.0 Å². The highest BCUT2D eigenvalue weighted by Gasteiger charge is 2.20. The molecule has 0 amide bonds. The van der Waals surface area contributed by atoms with Gasteiger partial charge in [-0.1, -0.05) is 0 Å². The molecule has 0 bridgehead atoms. The first kappa shape index (κ1) is 19.0. The third-order valence-electron chi connectivity index (χ3n) is 3.68. The van der Waals surface area contributed by atoms with Gasteiger partial charge in [0.2, 0.25) is 10.0 Å². The summed E-state index contributed by atoms with van der Waals surface area (Å²) in [7, 11) is -1.52. The Kier molecular flexibility index (Phi) is 6.88. The summed E-state index contributed by atoms with van der Waals surface area (Å²) >= 11 is 1.75. The van der Waals surface area contributed by atoms with Gasteiger partial charge in [-0.2, -0.15) is 0 Å². The summed E-state index contributed by atoms with van der Waals surface area (Å²) in [5, 5.41) is 6.54. The number of hydrogen-bond acceptors (Lipinski definition) is 5. The molecule has 1 aromatic rings. The smallest absolute Gasteiger partial charge is 0.213 e. The highest BCUT2D eigenvalue weighted by atomic mass is 32.2. The normalized spacial score (nSPS) is 16.8. The van der Waals surface area contributed by atoms with Gasteiger partial charge in [-0.3, -0.25) is 4.99 Å². The fourth-order valence-electron chi connectivity index (χ4n) is 2.64. The van der Waals surface area contributed by atoms with Crippen LogP contribution in [0.4, 0.5) is 5.00 Å². The first-order valence-corrected chi connectivity index (χ1v) is 10.7. The van der Waals surface area contributed by atoms with Crippen LogP contribution in [0.1, 0.15) is 13.8 Å². The molecule has 24 heavy (non-hydrogen) atoms. The highest BCUT2D eigenvalue weighted by Crippen LogP contribution is 2.22. The molecule has 0 spiro atoms. The van der Waals surface area contributed by atoms with E-state index in [1.165, 1.54) is 5.00 Å². The van der Waals surface area contributed by atoms with Crippen molar-refractivity contribution in [2.24, 2.45) is 4.99 Å². The van der Waals surface area contributed by atoms with Crippen LogP contribution < -0.4 is 14.9 Å². The number of nitrogens with one attached hydrogen (secondary N) is 2. The summed E-state index contributed by atoms with van der Waals surface area (Å²) in [6, 6.07) is 4.12. The quantitative estimate of drug-likeness (QED) is 0.569. The van der Waals surface area contributed by atoms with Gasteiger partial charge >= 0.3 is 0 Å². The number of rotatable bonds is 6. The molecular weight excluding hydrogens is 346 g/mol. The zero-order valence-corrected chi connectivity index (χ0v) is 16.2. The fourth-order valence-corrected chi connectivity index (χ4v) is 4.63. The number of guanidine groups is 1. The van der Waals surface area contributed by atoms with Crippen LogP contribution in [0.25, 0.3) is 0 Å². The van der Waals surface area contributed by atoms with Gasteiger partial charge in [0.15, 0.2) is 5.96 Å². The Hall–Kier alpha value is -1.32. The third-order valence-corrected chi connectivity index (χ3v) is 6.18. The van der Waals surface area contributed by atoms with E-state index in [9.17, 15) is 8.42 Å². The average molecular weight is 374 g/mol. The standard InChI is InChI=1S/C15H27N5O2S2/c1-13(2)18-24(21,22)12-6-17-15(16-3)20-9-7-19(8-10-20)14-5-4-11-23-14/h4-5,11,13,18H,6-10,12H2,1-3H3,(H,16,17). The van der Waals surface area contributed by atoms with E-state index >= 15 is 0 Å². The van der Waals surface area contributed by atoms with Gasteiger partial charge in [-0.05, 0) is 31.4 Å². The van der Waals surface area contributed by atoms with E-state index in [1.54, 1.807) is 18.4 Å². The molecule has 0 aliphatic carbocycles. The van der Waals surface area contributed by atoms with Crippen LogP contribution >= 0.6 is 11.3 Å². The lowest BCUT2D eigenvalue weighted by atomic mass is 10.3. The SMILES string of the molecule is CN=C(NCCS(=O)(=O)NC(C)C)N1CCN(c2cccs2)CC1. The Morgan fingerprint density at radius 2 is 2.04 bits per heavy atom. The van der Waals surface area contributed by atoms with E-state index in [-0.39, 0.29) is 11.8 Å².